The number of amides is 3. The van der Waals surface area contributed by atoms with Crippen LogP contribution in [0.25, 0.3) is 22.8 Å². The van der Waals surface area contributed by atoms with E-state index in [9.17, 15) is 28.0 Å². The summed E-state index contributed by atoms with van der Waals surface area (Å²) in [5.41, 5.74) is 17.0. The first-order valence-electron chi connectivity index (χ1n) is 18.0. The summed E-state index contributed by atoms with van der Waals surface area (Å²) in [5.74, 6) is -0.716. The van der Waals surface area contributed by atoms with E-state index in [1.54, 1.807) is 62.4 Å². The number of halogens is 2. The summed E-state index contributed by atoms with van der Waals surface area (Å²) >= 11 is 0. The van der Waals surface area contributed by atoms with Crippen LogP contribution in [0.15, 0.2) is 109 Å². The second-order valence-electron chi connectivity index (χ2n) is 12.5. The summed E-state index contributed by atoms with van der Waals surface area (Å²) in [6.45, 7) is 4.96. The minimum atomic E-state index is -0.935. The molecule has 16 nitrogen and oxygen atoms in total. The van der Waals surface area contributed by atoms with Crippen LogP contribution in [0, 0.1) is 11.6 Å². The van der Waals surface area contributed by atoms with E-state index in [1.165, 1.54) is 67.6 Å². The molecule has 0 spiro atoms. The smallest absolute Gasteiger partial charge is 0.347 e. The maximum atomic E-state index is 13.0. The highest BCUT2D eigenvalue weighted by atomic mass is 19.1. The van der Waals surface area contributed by atoms with Gasteiger partial charge in [-0.2, -0.15) is 4.98 Å². The van der Waals surface area contributed by atoms with Crippen LogP contribution >= 0.6 is 0 Å². The fraction of sp³-hybridized carbons (Fsp3) is 0.143. The Morgan fingerprint density at radius 2 is 1.03 bits per heavy atom. The number of anilines is 1. The van der Waals surface area contributed by atoms with Crippen molar-refractivity contribution in [1.82, 2.24) is 19.9 Å². The average Bonchev–Trinajstić information content (AvgIpc) is 3.23. The zero-order valence-electron chi connectivity index (χ0n) is 32.3. The minimum Gasteiger partial charge on any atom is -0.463 e. The van der Waals surface area contributed by atoms with Crippen LogP contribution in [0.1, 0.15) is 41.7 Å². The molecular formula is C42H38F2N8O8. The van der Waals surface area contributed by atoms with E-state index >= 15 is 0 Å². The van der Waals surface area contributed by atoms with Crippen LogP contribution in [-0.4, -0.2) is 62.4 Å². The van der Waals surface area contributed by atoms with Crippen LogP contribution < -0.4 is 36.7 Å². The Bertz CT molecular complexity index is 2460. The first-order chi connectivity index (χ1) is 28.7. The number of rotatable bonds is 15. The molecule has 3 amide bonds. The number of nitrogens with one attached hydrogen (secondary N) is 1. The second kappa shape index (κ2) is 19.9. The molecule has 2 atom stereocenters. The molecular weight excluding hydrogens is 783 g/mol. The molecule has 2 aromatic heterocycles. The van der Waals surface area contributed by atoms with Crippen LogP contribution in [-0.2, 0) is 14.3 Å². The highest BCUT2D eigenvalue weighted by molar-refractivity contribution is 5.92. The monoisotopic (exact) mass is 820 g/mol. The van der Waals surface area contributed by atoms with E-state index in [4.69, 9.17) is 36.1 Å². The summed E-state index contributed by atoms with van der Waals surface area (Å²) in [6, 6.07) is 26.6. The summed E-state index contributed by atoms with van der Waals surface area (Å²) in [4.78, 5) is 63.2. The van der Waals surface area contributed by atoms with Crippen LogP contribution in [0.5, 0.6) is 28.9 Å². The van der Waals surface area contributed by atoms with Crippen molar-refractivity contribution < 1.29 is 46.9 Å². The van der Waals surface area contributed by atoms with Gasteiger partial charge in [-0.3, -0.25) is 14.4 Å². The summed E-state index contributed by atoms with van der Waals surface area (Å²) < 4.78 is 47.7. The van der Waals surface area contributed by atoms with Crippen molar-refractivity contribution in [3.05, 3.63) is 132 Å². The largest absolute Gasteiger partial charge is 0.463 e. The molecule has 0 saturated heterocycles. The van der Waals surface area contributed by atoms with Gasteiger partial charge >= 0.3 is 5.97 Å². The Morgan fingerprint density at radius 3 is 1.45 bits per heavy atom. The number of esters is 1. The molecule has 0 aliphatic rings. The van der Waals surface area contributed by atoms with Gasteiger partial charge < -0.3 is 41.5 Å². The molecule has 6 rings (SSSR count). The summed E-state index contributed by atoms with van der Waals surface area (Å²) in [6.07, 6.45) is -0.935. The Hall–Kier alpha value is -8.02. The number of ether oxygens (including phenoxy) is 4. The first-order valence-corrected chi connectivity index (χ1v) is 18.0. The van der Waals surface area contributed by atoms with Crippen molar-refractivity contribution in [3.63, 3.8) is 0 Å². The van der Waals surface area contributed by atoms with E-state index in [-0.39, 0.29) is 53.0 Å². The van der Waals surface area contributed by atoms with Crippen molar-refractivity contribution in [3.8, 4) is 51.7 Å². The molecule has 7 N–H and O–H groups in total. The third kappa shape index (κ3) is 12.2. The number of nitrogens with two attached hydrogens (primary N) is 3. The summed E-state index contributed by atoms with van der Waals surface area (Å²) in [5, 5.41) is 2.81. The third-order valence-corrected chi connectivity index (χ3v) is 7.96. The highest BCUT2D eigenvalue weighted by Crippen LogP contribution is 2.27. The van der Waals surface area contributed by atoms with Crippen molar-refractivity contribution >= 4 is 29.5 Å². The lowest BCUT2D eigenvalue weighted by molar-refractivity contribution is -0.150. The highest BCUT2D eigenvalue weighted by Gasteiger charge is 2.19. The molecule has 0 bridgehead atoms. The lowest BCUT2D eigenvalue weighted by Gasteiger charge is -2.14. The van der Waals surface area contributed by atoms with Gasteiger partial charge in [-0.05, 0) is 118 Å². The number of aromatic nitrogens is 4. The molecule has 0 radical (unpaired) electrons. The van der Waals surface area contributed by atoms with Crippen LogP contribution in [0.4, 0.5) is 14.6 Å². The Kier molecular flexibility index (Phi) is 14.3. The Labute approximate surface area is 341 Å². The van der Waals surface area contributed by atoms with Gasteiger partial charge in [-0.25, -0.2) is 28.5 Å². The zero-order chi connectivity index (χ0) is 43.3. The number of carbonyl (C=O) groups excluding carboxylic acids is 4. The van der Waals surface area contributed by atoms with Crippen molar-refractivity contribution in [2.45, 2.75) is 32.9 Å². The fourth-order valence-corrected chi connectivity index (χ4v) is 4.92. The van der Waals surface area contributed by atoms with E-state index in [1.807, 2.05) is 0 Å². The van der Waals surface area contributed by atoms with Gasteiger partial charge in [0.05, 0.1) is 6.61 Å². The quantitative estimate of drug-likeness (QED) is 0.0874. The van der Waals surface area contributed by atoms with Crippen molar-refractivity contribution in [1.29, 1.82) is 0 Å². The molecule has 6 aromatic rings. The molecule has 18 heteroatoms. The van der Waals surface area contributed by atoms with E-state index in [2.05, 4.69) is 25.3 Å². The molecule has 0 aliphatic heterocycles. The number of hydrogen-bond donors (Lipinski definition) is 4. The lowest BCUT2D eigenvalue weighted by atomic mass is 10.2. The fourth-order valence-electron chi connectivity index (χ4n) is 4.92. The van der Waals surface area contributed by atoms with Crippen molar-refractivity contribution in [2.75, 3.05) is 11.9 Å². The van der Waals surface area contributed by atoms with Crippen LogP contribution in [0.2, 0.25) is 0 Å². The Balaban J connectivity index is 0.000000228. The normalized spacial score (nSPS) is 11.5. The number of hydrogen-bond acceptors (Lipinski definition) is 13. The second-order valence-corrected chi connectivity index (χ2v) is 12.5. The number of carbonyl (C=O) groups is 4. The van der Waals surface area contributed by atoms with Gasteiger partial charge in [-0.15, -0.1) is 0 Å². The summed E-state index contributed by atoms with van der Waals surface area (Å²) in [7, 11) is 0. The van der Waals surface area contributed by atoms with E-state index < -0.39 is 35.8 Å². The van der Waals surface area contributed by atoms with Crippen molar-refractivity contribution in [2.24, 2.45) is 17.2 Å². The zero-order valence-corrected chi connectivity index (χ0v) is 32.3. The van der Waals surface area contributed by atoms with E-state index in [0.717, 1.165) is 0 Å². The molecule has 308 valence electrons. The maximum absolute atomic E-state index is 13.0. The number of nitrogens with zero attached hydrogens (tertiary/aromatic N) is 4. The third-order valence-electron chi connectivity index (χ3n) is 7.96. The number of benzene rings is 4. The predicted octanol–water partition coefficient (Wildman–Crippen LogP) is 5.96. The first kappa shape index (κ1) is 43.1. The van der Waals surface area contributed by atoms with Gasteiger partial charge in [0.2, 0.25) is 11.8 Å². The predicted molar refractivity (Wildman–Crippen MR) is 214 cm³/mol. The van der Waals surface area contributed by atoms with Gasteiger partial charge in [0.1, 0.15) is 57.9 Å². The number of primary amides is 3. The molecule has 2 heterocycles. The molecule has 0 fully saturated rings. The molecule has 0 aliphatic carbocycles. The molecule has 4 aromatic carbocycles. The standard InChI is InChI=1S/C22H20FN3O5.C20H18FN5O3/c1-3-29-22(28)13(2)30-19-12-18(20(24)27)25-21(26-19)14-4-8-16(9-5-14)31-17-10-6-15(23)7-11-17;1-11(18(22)27)24-17-10-16(19(23)28)25-20(26-17)12-2-6-14(7-3-12)29-15-8-4-13(21)5-9-15/h4-13H,3H2,1-2H3,(H2,24,27);2-11H,1H3,(H2,22,27)(H2,23,28)(H,24,25,26)/t13-;11-/m00/s1. The average molecular weight is 821 g/mol. The molecule has 60 heavy (non-hydrogen) atoms. The molecule has 0 saturated carbocycles. The molecule has 0 unspecified atom stereocenters. The van der Waals surface area contributed by atoms with Gasteiger partial charge in [0.25, 0.3) is 11.8 Å². The Morgan fingerprint density at radius 1 is 0.617 bits per heavy atom. The van der Waals surface area contributed by atoms with Gasteiger partial charge in [-0.1, -0.05) is 0 Å². The SMILES string of the molecule is CCOC(=O)[C@H](C)Oc1cc(C(N)=O)nc(-c2ccc(Oc3ccc(F)cc3)cc2)n1.C[C@H](Nc1cc(C(N)=O)nc(-c2ccc(Oc3ccc(F)cc3)cc2)n1)C(N)=O. The topological polar surface area (TPSA) is 247 Å². The van der Waals surface area contributed by atoms with E-state index in [0.29, 0.717) is 34.1 Å². The van der Waals surface area contributed by atoms with Gasteiger partial charge in [0.15, 0.2) is 17.8 Å². The maximum Gasteiger partial charge on any atom is 0.347 e. The minimum absolute atomic E-state index is 0.00555. The van der Waals surface area contributed by atoms with Gasteiger partial charge in [0, 0.05) is 23.3 Å². The lowest BCUT2D eigenvalue weighted by Crippen LogP contribution is -2.33. The van der Waals surface area contributed by atoms with Crippen LogP contribution in [0.3, 0.4) is 0 Å².